The van der Waals surface area contributed by atoms with Gasteiger partial charge in [-0.15, -0.1) is 0 Å². The zero-order valence-corrected chi connectivity index (χ0v) is 15.9. The third kappa shape index (κ3) is 4.23. The molecule has 2 rings (SSSR count). The molecule has 2 aromatic rings. The van der Waals surface area contributed by atoms with Crippen molar-refractivity contribution in [3.05, 3.63) is 47.3 Å². The van der Waals surface area contributed by atoms with Gasteiger partial charge in [0.2, 0.25) is 0 Å². The molecule has 0 aliphatic heterocycles. The Morgan fingerprint density at radius 2 is 1.62 bits per heavy atom. The van der Waals surface area contributed by atoms with Crippen molar-refractivity contribution in [2.24, 2.45) is 0 Å². The van der Waals surface area contributed by atoms with Gasteiger partial charge >= 0.3 is 0 Å². The second-order valence-electron chi connectivity index (χ2n) is 6.38. The minimum Gasteiger partial charge on any atom is -1.00 e. The van der Waals surface area contributed by atoms with Gasteiger partial charge in [0.1, 0.15) is 12.3 Å². The topological polar surface area (TPSA) is 14.2 Å². The highest BCUT2D eigenvalue weighted by molar-refractivity contribution is 5.43. The molecule has 3 nitrogen and oxygen atoms in total. The van der Waals surface area contributed by atoms with E-state index in [1.807, 2.05) is 12.1 Å². The summed E-state index contributed by atoms with van der Waals surface area (Å²) >= 11 is 0. The Labute approximate surface area is 145 Å². The summed E-state index contributed by atoms with van der Waals surface area (Å²) < 4.78 is 8.47. The van der Waals surface area contributed by atoms with Crippen LogP contribution in [-0.2, 0) is 6.54 Å². The Hall–Kier alpha value is -1.01. The average molecular weight is 400 g/mol. The van der Waals surface area contributed by atoms with E-state index in [0.29, 0.717) is 0 Å². The summed E-state index contributed by atoms with van der Waals surface area (Å²) in [6.07, 6.45) is 0. The molecule has 0 atom stereocenters. The lowest BCUT2D eigenvalue weighted by Gasteiger charge is -2.23. The predicted octanol–water partition coefficient (Wildman–Crippen LogP) is 0.313. The number of aromatic nitrogens is 1. The first-order valence-corrected chi connectivity index (χ1v) is 6.94. The molecule has 0 saturated heterocycles. The van der Waals surface area contributed by atoms with Crippen LogP contribution in [0.15, 0.2) is 30.3 Å². The summed E-state index contributed by atoms with van der Waals surface area (Å²) in [5.41, 5.74) is 5.19. The van der Waals surface area contributed by atoms with Crippen molar-refractivity contribution in [2.45, 2.75) is 20.4 Å². The quantitative estimate of drug-likeness (QED) is 0.533. The Kier molecular flexibility index (Phi) is 5.87. The molecule has 1 heterocycles. The molecular weight excluding hydrogens is 375 g/mol. The van der Waals surface area contributed by atoms with Gasteiger partial charge in [-0.1, -0.05) is 0 Å². The van der Waals surface area contributed by atoms with Crippen molar-refractivity contribution in [3.63, 3.8) is 0 Å². The average Bonchev–Trinajstić information content (AvgIpc) is 2.63. The third-order valence-electron chi connectivity index (χ3n) is 3.51. The molecule has 4 heteroatoms. The lowest BCUT2D eigenvalue weighted by molar-refractivity contribution is -0.884. The van der Waals surface area contributed by atoms with Crippen molar-refractivity contribution in [2.75, 3.05) is 28.3 Å². The summed E-state index contributed by atoms with van der Waals surface area (Å²) in [5, 5.41) is 0. The molecule has 0 bridgehead atoms. The van der Waals surface area contributed by atoms with Gasteiger partial charge in [0.15, 0.2) is 0 Å². The molecule has 0 radical (unpaired) electrons. The van der Waals surface area contributed by atoms with E-state index in [4.69, 9.17) is 4.74 Å². The minimum absolute atomic E-state index is 0. The summed E-state index contributed by atoms with van der Waals surface area (Å²) in [4.78, 5) is 0. The van der Waals surface area contributed by atoms with Crippen LogP contribution in [0.1, 0.15) is 17.0 Å². The van der Waals surface area contributed by atoms with Crippen LogP contribution in [0.5, 0.6) is 5.75 Å². The van der Waals surface area contributed by atoms with E-state index in [2.05, 4.69) is 57.8 Å². The molecule has 116 valence electrons. The van der Waals surface area contributed by atoms with Crippen LogP contribution in [0.3, 0.4) is 0 Å². The number of benzene rings is 1. The van der Waals surface area contributed by atoms with Crippen LogP contribution >= 0.6 is 0 Å². The smallest absolute Gasteiger partial charge is 0.119 e. The van der Waals surface area contributed by atoms with Crippen molar-refractivity contribution in [1.82, 2.24) is 4.57 Å². The fourth-order valence-corrected chi connectivity index (χ4v) is 2.63. The molecule has 0 saturated carbocycles. The van der Waals surface area contributed by atoms with Crippen LogP contribution < -0.4 is 28.7 Å². The van der Waals surface area contributed by atoms with Gasteiger partial charge < -0.3 is 37.8 Å². The normalized spacial score (nSPS) is 11.1. The monoisotopic (exact) mass is 400 g/mol. The molecule has 0 N–H and O–H groups in total. The first-order valence-electron chi connectivity index (χ1n) is 6.94. The fraction of sp³-hybridized carbons (Fsp3) is 0.412. The summed E-state index contributed by atoms with van der Waals surface area (Å²) in [6, 6.07) is 10.5. The maximum Gasteiger partial charge on any atom is 0.119 e. The standard InChI is InChI=1S/C17H25N2O.HI/c1-13-11-15(12-19(3,4)5)14(2)18(13)16-7-9-17(20-6)10-8-16;/h7-11H,12H2,1-6H3;1H/q+1;/p-1. The van der Waals surface area contributed by atoms with Gasteiger partial charge in [0.05, 0.1) is 28.3 Å². The fourth-order valence-electron chi connectivity index (χ4n) is 2.63. The van der Waals surface area contributed by atoms with E-state index in [9.17, 15) is 0 Å². The van der Waals surface area contributed by atoms with Crippen LogP contribution in [-0.4, -0.2) is 37.3 Å². The first-order chi connectivity index (χ1) is 9.31. The number of halogens is 1. The maximum absolute atomic E-state index is 5.22. The van der Waals surface area contributed by atoms with Crippen LogP contribution in [0, 0.1) is 13.8 Å². The number of hydrogen-bond donors (Lipinski definition) is 0. The highest BCUT2D eigenvalue weighted by atomic mass is 127. The van der Waals surface area contributed by atoms with Crippen LogP contribution in [0.4, 0.5) is 0 Å². The number of quaternary nitrogens is 1. The Morgan fingerprint density at radius 3 is 2.10 bits per heavy atom. The van der Waals surface area contributed by atoms with Crippen LogP contribution in [0.2, 0.25) is 0 Å². The molecule has 21 heavy (non-hydrogen) atoms. The van der Waals surface area contributed by atoms with E-state index < -0.39 is 0 Å². The van der Waals surface area contributed by atoms with Crippen molar-refractivity contribution in [1.29, 1.82) is 0 Å². The molecule has 0 amide bonds. The van der Waals surface area contributed by atoms with Gasteiger partial charge in [-0.25, -0.2) is 0 Å². The molecular formula is C17H25IN2O. The maximum atomic E-state index is 5.22. The zero-order valence-electron chi connectivity index (χ0n) is 13.8. The third-order valence-corrected chi connectivity index (χ3v) is 3.51. The van der Waals surface area contributed by atoms with Gasteiger partial charge in [0, 0.05) is 22.6 Å². The van der Waals surface area contributed by atoms with Crippen molar-refractivity contribution >= 4 is 0 Å². The predicted molar refractivity (Wildman–Crippen MR) is 83.5 cm³/mol. The molecule has 1 aromatic heterocycles. The number of rotatable bonds is 4. The van der Waals surface area contributed by atoms with Gasteiger partial charge in [0.25, 0.3) is 0 Å². The molecule has 0 spiro atoms. The number of ether oxygens (including phenoxy) is 1. The summed E-state index contributed by atoms with van der Waals surface area (Å²) in [7, 11) is 8.36. The number of hydrogen-bond acceptors (Lipinski definition) is 1. The zero-order chi connectivity index (χ0) is 14.9. The Morgan fingerprint density at radius 1 is 1.05 bits per heavy atom. The lowest BCUT2D eigenvalue weighted by Crippen LogP contribution is -3.00. The van der Waals surface area contributed by atoms with Gasteiger partial charge in [-0.2, -0.15) is 0 Å². The number of nitrogens with zero attached hydrogens (tertiary/aromatic N) is 2. The van der Waals surface area contributed by atoms with Crippen molar-refractivity contribution in [3.8, 4) is 11.4 Å². The molecule has 1 aromatic carbocycles. The summed E-state index contributed by atoms with van der Waals surface area (Å²) in [5.74, 6) is 0.891. The van der Waals surface area contributed by atoms with Crippen LogP contribution in [0.25, 0.3) is 5.69 Å². The first kappa shape index (κ1) is 18.0. The van der Waals surface area contributed by atoms with Gasteiger partial charge in [-0.05, 0) is 44.2 Å². The van der Waals surface area contributed by atoms with Gasteiger partial charge in [-0.3, -0.25) is 0 Å². The van der Waals surface area contributed by atoms with E-state index in [1.54, 1.807) is 7.11 Å². The number of methoxy groups -OCH3 is 1. The molecule has 0 aliphatic carbocycles. The highest BCUT2D eigenvalue weighted by Crippen LogP contribution is 2.24. The van der Waals surface area contributed by atoms with Crippen molar-refractivity contribution < 1.29 is 33.2 Å². The minimum atomic E-state index is 0. The SMILES string of the molecule is COc1ccc(-n2c(C)cc(C[N+](C)(C)C)c2C)cc1.[I-]. The largest absolute Gasteiger partial charge is 1.00 e. The second kappa shape index (κ2) is 6.83. The summed E-state index contributed by atoms with van der Waals surface area (Å²) in [6.45, 7) is 5.40. The van der Waals surface area contributed by atoms with E-state index in [0.717, 1.165) is 16.8 Å². The number of aryl methyl sites for hydroxylation is 1. The van der Waals surface area contributed by atoms with E-state index >= 15 is 0 Å². The van der Waals surface area contributed by atoms with E-state index in [1.165, 1.54) is 22.6 Å². The van der Waals surface area contributed by atoms with E-state index in [-0.39, 0.29) is 24.0 Å². The molecule has 0 fully saturated rings. The second-order valence-corrected chi connectivity index (χ2v) is 6.38. The Balaban J connectivity index is 0.00000220. The molecule has 0 aliphatic rings. The Bertz CT molecular complexity index is 594. The molecule has 0 unspecified atom stereocenters. The highest BCUT2D eigenvalue weighted by Gasteiger charge is 2.16. The lowest BCUT2D eigenvalue weighted by atomic mass is 10.2.